The third-order valence-electron chi connectivity index (χ3n) is 2.60. The fourth-order valence-corrected chi connectivity index (χ4v) is 1.85. The van der Waals surface area contributed by atoms with Gasteiger partial charge in [-0.2, -0.15) is 0 Å². The Balaban J connectivity index is 0.000000980. The van der Waals surface area contributed by atoms with E-state index in [0.29, 0.717) is 5.92 Å². The zero-order valence-corrected chi connectivity index (χ0v) is 8.67. The Morgan fingerprint density at radius 2 is 2.00 bits per heavy atom. The van der Waals surface area contributed by atoms with Gasteiger partial charge in [-0.3, -0.25) is 0 Å². The second-order valence-electron chi connectivity index (χ2n) is 3.49. The van der Waals surface area contributed by atoms with Crippen LogP contribution in [0.2, 0.25) is 0 Å². The summed E-state index contributed by atoms with van der Waals surface area (Å²) in [6, 6.07) is 10.4. The number of hydrogen-bond acceptors (Lipinski definition) is 2. The molecule has 1 aliphatic rings. The Hall–Kier alpha value is -0.860. The molecule has 3 heteroatoms. The topological polar surface area (TPSA) is 29.1 Å². The van der Waals surface area contributed by atoms with Crippen molar-refractivity contribution in [2.45, 2.75) is 18.4 Å². The van der Waals surface area contributed by atoms with E-state index in [1.807, 2.05) is 18.2 Å². The molecule has 1 fully saturated rings. The number of nitrogens with one attached hydrogen (secondary N) is 1. The molecule has 0 aliphatic carbocycles. The first-order chi connectivity index (χ1) is 6.40. The molecule has 76 valence electrons. The molecule has 2 unspecified atom stereocenters. The lowest BCUT2D eigenvalue weighted by molar-refractivity contribution is -0.109. The molecule has 0 saturated carbocycles. The maximum Gasteiger partial charge on any atom is 0.136 e. The lowest BCUT2D eigenvalue weighted by Crippen LogP contribution is -2.22. The standard InChI is InChI=1S/C11H13NO.ClH/c13-8-11-6-10(7-12-11)9-4-2-1-3-5-9;/h1-5,8,10-12H,6-7H2;1H. The fraction of sp³-hybridized carbons (Fsp3) is 0.364. The van der Waals surface area contributed by atoms with E-state index in [2.05, 4.69) is 17.4 Å². The van der Waals surface area contributed by atoms with Crippen LogP contribution in [-0.4, -0.2) is 18.9 Å². The second kappa shape index (κ2) is 5.13. The first-order valence-corrected chi connectivity index (χ1v) is 4.64. The highest BCUT2D eigenvalue weighted by molar-refractivity contribution is 5.85. The molecule has 0 amide bonds. The molecule has 0 bridgehead atoms. The van der Waals surface area contributed by atoms with Gasteiger partial charge in [0.25, 0.3) is 0 Å². The van der Waals surface area contributed by atoms with E-state index < -0.39 is 0 Å². The molecular formula is C11H14ClNO. The van der Waals surface area contributed by atoms with Crippen LogP contribution < -0.4 is 5.32 Å². The number of benzene rings is 1. The summed E-state index contributed by atoms with van der Waals surface area (Å²) in [5, 5.41) is 3.19. The molecule has 1 aliphatic heterocycles. The zero-order chi connectivity index (χ0) is 9.10. The van der Waals surface area contributed by atoms with Crippen LogP contribution in [0.25, 0.3) is 0 Å². The Labute approximate surface area is 90.1 Å². The molecule has 0 aromatic heterocycles. The van der Waals surface area contributed by atoms with Crippen molar-refractivity contribution in [3.05, 3.63) is 35.9 Å². The average molecular weight is 212 g/mol. The summed E-state index contributed by atoms with van der Waals surface area (Å²) < 4.78 is 0. The molecular weight excluding hydrogens is 198 g/mol. The smallest absolute Gasteiger partial charge is 0.136 e. The zero-order valence-electron chi connectivity index (χ0n) is 7.85. The molecule has 14 heavy (non-hydrogen) atoms. The highest BCUT2D eigenvalue weighted by Gasteiger charge is 2.24. The molecule has 1 heterocycles. The van der Waals surface area contributed by atoms with Gasteiger partial charge < -0.3 is 10.1 Å². The third-order valence-corrected chi connectivity index (χ3v) is 2.60. The Morgan fingerprint density at radius 1 is 1.29 bits per heavy atom. The highest BCUT2D eigenvalue weighted by atomic mass is 35.5. The van der Waals surface area contributed by atoms with Gasteiger partial charge in [0.1, 0.15) is 6.29 Å². The molecule has 1 saturated heterocycles. The molecule has 2 atom stereocenters. The number of aldehydes is 1. The lowest BCUT2D eigenvalue weighted by Gasteiger charge is -2.07. The van der Waals surface area contributed by atoms with Crippen LogP contribution in [0, 0.1) is 0 Å². The molecule has 2 nitrogen and oxygen atoms in total. The summed E-state index contributed by atoms with van der Waals surface area (Å²) in [5.41, 5.74) is 1.33. The number of rotatable bonds is 2. The number of hydrogen-bond donors (Lipinski definition) is 1. The Morgan fingerprint density at radius 3 is 2.57 bits per heavy atom. The summed E-state index contributed by atoms with van der Waals surface area (Å²) in [6.07, 6.45) is 1.94. The van der Waals surface area contributed by atoms with Crippen LogP contribution in [-0.2, 0) is 4.79 Å². The largest absolute Gasteiger partial charge is 0.307 e. The van der Waals surface area contributed by atoms with Gasteiger partial charge in [-0.25, -0.2) is 0 Å². The third kappa shape index (κ3) is 2.34. The van der Waals surface area contributed by atoms with E-state index in [4.69, 9.17) is 0 Å². The van der Waals surface area contributed by atoms with E-state index in [1.54, 1.807) is 0 Å². The summed E-state index contributed by atoms with van der Waals surface area (Å²) >= 11 is 0. The van der Waals surface area contributed by atoms with E-state index >= 15 is 0 Å². The van der Waals surface area contributed by atoms with Crippen LogP contribution >= 0.6 is 12.4 Å². The van der Waals surface area contributed by atoms with E-state index in [1.165, 1.54) is 5.56 Å². The average Bonchev–Trinajstić information content (AvgIpc) is 2.67. The predicted molar refractivity (Wildman–Crippen MR) is 58.9 cm³/mol. The van der Waals surface area contributed by atoms with Crippen molar-refractivity contribution in [1.29, 1.82) is 0 Å². The normalized spacial score (nSPS) is 25.4. The molecule has 2 rings (SSSR count). The minimum atomic E-state index is 0. The Bertz CT molecular complexity index is 289. The number of carbonyl (C=O) groups excluding carboxylic acids is 1. The van der Waals surface area contributed by atoms with Gasteiger partial charge >= 0.3 is 0 Å². The quantitative estimate of drug-likeness (QED) is 0.756. The molecule has 1 aromatic carbocycles. The predicted octanol–water partition coefficient (Wildman–Crippen LogP) is 1.75. The summed E-state index contributed by atoms with van der Waals surface area (Å²) in [5.74, 6) is 0.511. The van der Waals surface area contributed by atoms with Crippen LogP contribution in [0.15, 0.2) is 30.3 Å². The van der Waals surface area contributed by atoms with Crippen molar-refractivity contribution in [1.82, 2.24) is 5.32 Å². The van der Waals surface area contributed by atoms with Crippen molar-refractivity contribution >= 4 is 18.7 Å². The minimum absolute atomic E-state index is 0. The number of carbonyl (C=O) groups is 1. The maximum absolute atomic E-state index is 10.5. The van der Waals surface area contributed by atoms with Crippen molar-refractivity contribution in [2.75, 3.05) is 6.54 Å². The van der Waals surface area contributed by atoms with E-state index in [9.17, 15) is 4.79 Å². The molecule has 0 spiro atoms. The monoisotopic (exact) mass is 211 g/mol. The fourth-order valence-electron chi connectivity index (χ4n) is 1.85. The summed E-state index contributed by atoms with van der Waals surface area (Å²) in [6.45, 7) is 0.924. The van der Waals surface area contributed by atoms with Crippen molar-refractivity contribution < 1.29 is 4.79 Å². The SMILES string of the molecule is Cl.O=CC1CC(c2ccccc2)CN1. The Kier molecular flexibility index (Phi) is 4.11. The van der Waals surface area contributed by atoms with Gasteiger partial charge in [0.15, 0.2) is 0 Å². The lowest BCUT2D eigenvalue weighted by atomic mass is 9.97. The number of halogens is 1. The van der Waals surface area contributed by atoms with Crippen molar-refractivity contribution in [3.63, 3.8) is 0 Å². The first kappa shape index (κ1) is 11.2. The van der Waals surface area contributed by atoms with Gasteiger partial charge in [0.2, 0.25) is 0 Å². The van der Waals surface area contributed by atoms with E-state index in [0.717, 1.165) is 19.3 Å². The van der Waals surface area contributed by atoms with Crippen LogP contribution in [0.5, 0.6) is 0 Å². The summed E-state index contributed by atoms with van der Waals surface area (Å²) in [7, 11) is 0. The van der Waals surface area contributed by atoms with Gasteiger partial charge in [0, 0.05) is 6.54 Å². The van der Waals surface area contributed by atoms with Gasteiger partial charge in [0.05, 0.1) is 6.04 Å². The second-order valence-corrected chi connectivity index (χ2v) is 3.49. The maximum atomic E-state index is 10.5. The first-order valence-electron chi connectivity index (χ1n) is 4.64. The van der Waals surface area contributed by atoms with Crippen molar-refractivity contribution in [2.24, 2.45) is 0 Å². The van der Waals surface area contributed by atoms with Crippen LogP contribution in [0.1, 0.15) is 17.9 Å². The highest BCUT2D eigenvalue weighted by Crippen LogP contribution is 2.24. The molecule has 1 N–H and O–H groups in total. The summed E-state index contributed by atoms with van der Waals surface area (Å²) in [4.78, 5) is 10.5. The molecule has 1 aromatic rings. The van der Waals surface area contributed by atoms with Crippen LogP contribution in [0.4, 0.5) is 0 Å². The molecule has 0 radical (unpaired) electrons. The van der Waals surface area contributed by atoms with Gasteiger partial charge in [-0.15, -0.1) is 12.4 Å². The van der Waals surface area contributed by atoms with Crippen molar-refractivity contribution in [3.8, 4) is 0 Å². The van der Waals surface area contributed by atoms with Crippen LogP contribution in [0.3, 0.4) is 0 Å². The van der Waals surface area contributed by atoms with Gasteiger partial charge in [-0.1, -0.05) is 30.3 Å². The van der Waals surface area contributed by atoms with Gasteiger partial charge in [-0.05, 0) is 17.9 Å². The van der Waals surface area contributed by atoms with E-state index in [-0.39, 0.29) is 18.4 Å². The minimum Gasteiger partial charge on any atom is -0.307 e.